The lowest BCUT2D eigenvalue weighted by atomic mass is 10.1. The molecule has 1 saturated heterocycles. The van der Waals surface area contributed by atoms with E-state index in [0.29, 0.717) is 47.6 Å². The number of amides is 2. The summed E-state index contributed by atoms with van der Waals surface area (Å²) in [5, 5.41) is 2.87. The second kappa shape index (κ2) is 7.90. The number of rotatable bonds is 5. The van der Waals surface area contributed by atoms with Gasteiger partial charge in [-0.15, -0.1) is 0 Å². The van der Waals surface area contributed by atoms with Crippen molar-refractivity contribution in [3.8, 4) is 23.0 Å². The average molecular weight is 398 g/mol. The van der Waals surface area contributed by atoms with Gasteiger partial charge in [0.05, 0.1) is 25.8 Å². The number of hydrogen-bond acceptors (Lipinski definition) is 6. The second-order valence-electron chi connectivity index (χ2n) is 6.79. The van der Waals surface area contributed by atoms with Crippen molar-refractivity contribution in [2.75, 3.05) is 44.2 Å². The molecule has 8 nitrogen and oxygen atoms in total. The lowest BCUT2D eigenvalue weighted by Gasteiger charge is -2.20. The monoisotopic (exact) mass is 398 g/mol. The zero-order chi connectivity index (χ0) is 20.4. The maximum atomic E-state index is 12.7. The molecular formula is C21H22N2O6. The molecule has 2 amide bonds. The van der Waals surface area contributed by atoms with Crippen LogP contribution in [0.1, 0.15) is 6.42 Å². The van der Waals surface area contributed by atoms with Crippen LogP contribution in [-0.2, 0) is 9.59 Å². The van der Waals surface area contributed by atoms with Crippen LogP contribution in [0.3, 0.4) is 0 Å². The minimum atomic E-state index is -0.470. The van der Waals surface area contributed by atoms with Gasteiger partial charge >= 0.3 is 0 Å². The van der Waals surface area contributed by atoms with Crippen molar-refractivity contribution >= 4 is 23.2 Å². The van der Waals surface area contributed by atoms with Crippen LogP contribution in [0.4, 0.5) is 11.4 Å². The van der Waals surface area contributed by atoms with Crippen molar-refractivity contribution in [3.05, 3.63) is 36.4 Å². The molecule has 0 bridgehead atoms. The van der Waals surface area contributed by atoms with Crippen molar-refractivity contribution in [2.24, 2.45) is 5.92 Å². The van der Waals surface area contributed by atoms with E-state index in [1.807, 2.05) is 0 Å². The number of hydrogen-bond donors (Lipinski definition) is 1. The Morgan fingerprint density at radius 3 is 2.62 bits per heavy atom. The Labute approximate surface area is 168 Å². The first-order chi connectivity index (χ1) is 14.1. The SMILES string of the molecule is COc1ccc(N2C[C@@H](C(=O)Nc3ccc4c(c3)OCCO4)CC2=O)c(OC)c1. The third kappa shape index (κ3) is 3.78. The molecule has 1 atom stereocenters. The fourth-order valence-electron chi connectivity index (χ4n) is 3.49. The number of carbonyl (C=O) groups is 2. The van der Waals surface area contributed by atoms with Crippen molar-refractivity contribution in [1.82, 2.24) is 0 Å². The minimum absolute atomic E-state index is 0.129. The van der Waals surface area contributed by atoms with E-state index in [-0.39, 0.29) is 24.8 Å². The molecule has 2 aliphatic heterocycles. The first kappa shape index (κ1) is 18.9. The Hall–Kier alpha value is -3.42. The number of anilines is 2. The first-order valence-electron chi connectivity index (χ1n) is 9.32. The van der Waals surface area contributed by atoms with Gasteiger partial charge in [-0.25, -0.2) is 0 Å². The van der Waals surface area contributed by atoms with Crippen molar-refractivity contribution in [2.45, 2.75) is 6.42 Å². The van der Waals surface area contributed by atoms with E-state index < -0.39 is 5.92 Å². The zero-order valence-corrected chi connectivity index (χ0v) is 16.3. The predicted octanol–water partition coefficient (Wildman–Crippen LogP) is 2.47. The molecule has 0 spiro atoms. The highest BCUT2D eigenvalue weighted by Gasteiger charge is 2.36. The number of ether oxygens (including phenoxy) is 4. The highest BCUT2D eigenvalue weighted by molar-refractivity contribution is 6.04. The van der Waals surface area contributed by atoms with Crippen molar-refractivity contribution in [3.63, 3.8) is 0 Å². The molecule has 2 aromatic carbocycles. The van der Waals surface area contributed by atoms with E-state index in [1.54, 1.807) is 48.4 Å². The largest absolute Gasteiger partial charge is 0.497 e. The number of methoxy groups -OCH3 is 2. The number of fused-ring (bicyclic) bond motifs is 1. The van der Waals surface area contributed by atoms with Crippen LogP contribution in [0.2, 0.25) is 0 Å². The molecule has 0 saturated carbocycles. The quantitative estimate of drug-likeness (QED) is 0.833. The lowest BCUT2D eigenvalue weighted by Crippen LogP contribution is -2.28. The summed E-state index contributed by atoms with van der Waals surface area (Å²) in [5.41, 5.74) is 1.22. The Bertz CT molecular complexity index is 945. The van der Waals surface area contributed by atoms with Gasteiger partial charge in [0.1, 0.15) is 24.7 Å². The van der Waals surface area contributed by atoms with Gasteiger partial charge in [0, 0.05) is 30.8 Å². The summed E-state index contributed by atoms with van der Waals surface area (Å²) in [6, 6.07) is 10.5. The summed E-state index contributed by atoms with van der Waals surface area (Å²) in [4.78, 5) is 26.9. The van der Waals surface area contributed by atoms with E-state index in [0.717, 1.165) is 0 Å². The molecule has 29 heavy (non-hydrogen) atoms. The summed E-state index contributed by atoms with van der Waals surface area (Å²) in [5.74, 6) is 1.59. The molecule has 2 aromatic rings. The standard InChI is InChI=1S/C21H22N2O6/c1-26-15-4-5-16(18(11-15)27-2)23-12-13(9-20(23)24)21(25)22-14-3-6-17-19(10-14)29-8-7-28-17/h3-6,10-11,13H,7-9,12H2,1-2H3,(H,22,25)/t13-/m0/s1. The Morgan fingerprint density at radius 2 is 1.86 bits per heavy atom. The van der Waals surface area contributed by atoms with Crippen LogP contribution in [-0.4, -0.2) is 45.8 Å². The zero-order valence-electron chi connectivity index (χ0n) is 16.3. The highest BCUT2D eigenvalue weighted by atomic mass is 16.6. The van der Waals surface area contributed by atoms with Crippen LogP contribution in [0.5, 0.6) is 23.0 Å². The molecule has 152 valence electrons. The fourth-order valence-corrected chi connectivity index (χ4v) is 3.49. The number of carbonyl (C=O) groups excluding carboxylic acids is 2. The van der Waals surface area contributed by atoms with Crippen molar-refractivity contribution < 1.29 is 28.5 Å². The van der Waals surface area contributed by atoms with Crippen LogP contribution in [0.15, 0.2) is 36.4 Å². The van der Waals surface area contributed by atoms with Gasteiger partial charge in [0.15, 0.2) is 11.5 Å². The van der Waals surface area contributed by atoms with Gasteiger partial charge in [-0.1, -0.05) is 0 Å². The highest BCUT2D eigenvalue weighted by Crippen LogP contribution is 2.36. The van der Waals surface area contributed by atoms with Crippen molar-refractivity contribution in [1.29, 1.82) is 0 Å². The molecule has 1 N–H and O–H groups in total. The molecule has 0 radical (unpaired) electrons. The summed E-state index contributed by atoms with van der Waals surface area (Å²) in [7, 11) is 3.10. The molecule has 0 unspecified atom stereocenters. The molecule has 1 fully saturated rings. The van der Waals surface area contributed by atoms with E-state index in [1.165, 1.54) is 7.11 Å². The van der Waals surface area contributed by atoms with E-state index in [2.05, 4.69) is 5.32 Å². The smallest absolute Gasteiger partial charge is 0.229 e. The summed E-state index contributed by atoms with van der Waals surface area (Å²) in [6.07, 6.45) is 0.131. The molecule has 2 aliphatic rings. The second-order valence-corrected chi connectivity index (χ2v) is 6.79. The molecular weight excluding hydrogens is 376 g/mol. The van der Waals surface area contributed by atoms with Gasteiger partial charge in [-0.2, -0.15) is 0 Å². The van der Waals surface area contributed by atoms with Crippen LogP contribution >= 0.6 is 0 Å². The summed E-state index contributed by atoms with van der Waals surface area (Å²) < 4.78 is 21.6. The van der Waals surface area contributed by atoms with Gasteiger partial charge in [0.2, 0.25) is 11.8 Å². The minimum Gasteiger partial charge on any atom is -0.497 e. The average Bonchev–Trinajstić information content (AvgIpc) is 3.14. The molecule has 8 heteroatoms. The predicted molar refractivity (Wildman–Crippen MR) is 106 cm³/mol. The van der Waals surface area contributed by atoms with E-state index in [4.69, 9.17) is 18.9 Å². The molecule has 0 aliphatic carbocycles. The Kier molecular flexibility index (Phi) is 5.16. The van der Waals surface area contributed by atoms with Gasteiger partial charge < -0.3 is 29.2 Å². The van der Waals surface area contributed by atoms with E-state index in [9.17, 15) is 9.59 Å². The molecule has 4 rings (SSSR count). The number of nitrogens with one attached hydrogen (secondary N) is 1. The Morgan fingerprint density at radius 1 is 1.07 bits per heavy atom. The topological polar surface area (TPSA) is 86.3 Å². The van der Waals surface area contributed by atoms with E-state index >= 15 is 0 Å². The van der Waals surface area contributed by atoms with Crippen LogP contribution in [0, 0.1) is 5.92 Å². The summed E-state index contributed by atoms with van der Waals surface area (Å²) >= 11 is 0. The van der Waals surface area contributed by atoms with Crippen LogP contribution < -0.4 is 29.2 Å². The molecule has 0 aromatic heterocycles. The van der Waals surface area contributed by atoms with Gasteiger partial charge in [-0.05, 0) is 24.3 Å². The maximum absolute atomic E-state index is 12.7. The third-order valence-electron chi connectivity index (χ3n) is 4.98. The normalized spacial score (nSPS) is 17.8. The number of nitrogens with zero attached hydrogens (tertiary/aromatic N) is 1. The van der Waals surface area contributed by atoms with Gasteiger partial charge in [0.25, 0.3) is 0 Å². The maximum Gasteiger partial charge on any atom is 0.229 e. The first-order valence-corrected chi connectivity index (χ1v) is 9.32. The number of benzene rings is 2. The fraction of sp³-hybridized carbons (Fsp3) is 0.333. The van der Waals surface area contributed by atoms with Gasteiger partial charge in [-0.3, -0.25) is 9.59 Å². The van der Waals surface area contributed by atoms with Crippen LogP contribution in [0.25, 0.3) is 0 Å². The third-order valence-corrected chi connectivity index (χ3v) is 4.98. The lowest BCUT2D eigenvalue weighted by molar-refractivity contribution is -0.122. The Balaban J connectivity index is 1.47. The molecule has 2 heterocycles. The summed E-state index contributed by atoms with van der Waals surface area (Å²) in [6.45, 7) is 1.26.